The second-order valence-corrected chi connectivity index (χ2v) is 11.3. The Kier molecular flexibility index (Phi) is 9.26. The summed E-state index contributed by atoms with van der Waals surface area (Å²) in [5, 5.41) is 10.8. The number of anilines is 1. The molecule has 5 N–H and O–H groups in total. The van der Waals surface area contributed by atoms with Crippen LogP contribution >= 0.6 is 7.60 Å². The number of hydrogen-bond donors (Lipinski definition) is 3. The molecule has 0 saturated carbocycles. The van der Waals surface area contributed by atoms with Crippen LogP contribution < -0.4 is 21.7 Å². The molecule has 0 bridgehead atoms. The predicted molar refractivity (Wildman–Crippen MR) is 132 cm³/mol. The zero-order valence-electron chi connectivity index (χ0n) is 21.0. The van der Waals surface area contributed by atoms with Gasteiger partial charge in [-0.3, -0.25) is 13.9 Å². The van der Waals surface area contributed by atoms with Crippen LogP contribution in [-0.4, -0.2) is 63.9 Å². The fourth-order valence-electron chi connectivity index (χ4n) is 3.79. The summed E-state index contributed by atoms with van der Waals surface area (Å²) in [5.41, 5.74) is 8.03. The molecule has 210 valence electrons. The molecule has 3 rings (SSSR count). The molecular formula is C23H31F2N4O8P. The molecule has 1 aromatic heterocycles. The van der Waals surface area contributed by atoms with E-state index in [9.17, 15) is 28.0 Å². The highest BCUT2D eigenvalue weighted by Crippen LogP contribution is 2.51. The van der Waals surface area contributed by atoms with Crippen molar-refractivity contribution in [1.82, 2.24) is 9.55 Å². The van der Waals surface area contributed by atoms with E-state index < -0.39 is 86.3 Å². The lowest BCUT2D eigenvalue weighted by Gasteiger charge is -2.30. The average molecular weight is 560 g/mol. The first-order valence-electron chi connectivity index (χ1n) is 11.7. The number of nitrogens with two attached hydrogens (primary N) is 2. The highest BCUT2D eigenvalue weighted by molar-refractivity contribution is 7.54. The van der Waals surface area contributed by atoms with Crippen LogP contribution in [0.25, 0.3) is 0 Å². The van der Waals surface area contributed by atoms with Crippen LogP contribution in [0.4, 0.5) is 14.6 Å². The van der Waals surface area contributed by atoms with Crippen molar-refractivity contribution < 1.29 is 41.8 Å². The Bertz CT molecular complexity index is 1230. The van der Waals surface area contributed by atoms with Gasteiger partial charge in [0.15, 0.2) is 17.9 Å². The molecule has 1 saturated heterocycles. The number of nitrogens with zero attached hydrogens (tertiary/aromatic N) is 2. The number of nitrogen functional groups attached to an aromatic ring is 1. The molecule has 0 aliphatic carbocycles. The van der Waals surface area contributed by atoms with Crippen LogP contribution in [0.2, 0.25) is 0 Å². The quantitative estimate of drug-likeness (QED) is 0.269. The van der Waals surface area contributed by atoms with Gasteiger partial charge in [-0.25, -0.2) is 18.1 Å². The van der Waals surface area contributed by atoms with Gasteiger partial charge in [0.25, 0.3) is 0 Å². The Morgan fingerprint density at radius 3 is 2.58 bits per heavy atom. The van der Waals surface area contributed by atoms with Gasteiger partial charge in [0, 0.05) is 0 Å². The van der Waals surface area contributed by atoms with E-state index >= 15 is 0 Å². The summed E-state index contributed by atoms with van der Waals surface area (Å²) in [6, 6.07) is 8.01. The SMILES string of the molecule is CC(C)OC(=O)[C@H](C)C[P@](=O)(OC[C@H]1O[C@@H](n2cc(F)c(N)nc2=O)C(N)(CF)[C@H]1O)Oc1ccccc1. The molecule has 0 amide bonds. The summed E-state index contributed by atoms with van der Waals surface area (Å²) in [4.78, 5) is 28.0. The molecule has 38 heavy (non-hydrogen) atoms. The van der Waals surface area contributed by atoms with Gasteiger partial charge in [0.1, 0.15) is 30.2 Å². The van der Waals surface area contributed by atoms with Gasteiger partial charge in [-0.15, -0.1) is 0 Å². The van der Waals surface area contributed by atoms with Gasteiger partial charge in [-0.2, -0.15) is 4.98 Å². The largest absolute Gasteiger partial charge is 0.463 e. The van der Waals surface area contributed by atoms with Gasteiger partial charge in [0.2, 0.25) is 0 Å². The van der Waals surface area contributed by atoms with E-state index in [4.69, 9.17) is 30.0 Å². The van der Waals surface area contributed by atoms with E-state index in [1.165, 1.54) is 19.1 Å². The summed E-state index contributed by atoms with van der Waals surface area (Å²) in [5.74, 6) is -3.13. The summed E-state index contributed by atoms with van der Waals surface area (Å²) in [6.45, 7) is 2.77. The van der Waals surface area contributed by atoms with Gasteiger partial charge in [0.05, 0.1) is 31.0 Å². The number of alkyl halides is 1. The molecular weight excluding hydrogens is 529 g/mol. The molecule has 1 aliphatic rings. The van der Waals surface area contributed by atoms with Crippen molar-refractivity contribution in [2.75, 3.05) is 25.2 Å². The average Bonchev–Trinajstić information content (AvgIpc) is 3.10. The number of rotatable bonds is 11. The third-order valence-corrected chi connectivity index (χ3v) is 7.79. The van der Waals surface area contributed by atoms with Crippen LogP contribution in [0.1, 0.15) is 27.0 Å². The molecule has 2 aromatic rings. The van der Waals surface area contributed by atoms with Crippen LogP contribution in [0.5, 0.6) is 5.75 Å². The normalized spacial score (nSPS) is 25.6. The number of carbonyl (C=O) groups excluding carboxylic acids is 1. The number of hydrogen-bond acceptors (Lipinski definition) is 11. The third kappa shape index (κ3) is 6.56. The fourth-order valence-corrected chi connectivity index (χ4v) is 5.66. The second kappa shape index (κ2) is 11.9. The van der Waals surface area contributed by atoms with Crippen molar-refractivity contribution in [2.45, 2.75) is 50.8 Å². The minimum Gasteiger partial charge on any atom is -0.463 e. The highest BCUT2D eigenvalue weighted by Gasteiger charge is 2.56. The number of halogens is 2. The van der Waals surface area contributed by atoms with Crippen molar-refractivity contribution in [3.63, 3.8) is 0 Å². The number of benzene rings is 1. The van der Waals surface area contributed by atoms with Crippen LogP contribution in [0.15, 0.2) is 41.3 Å². The number of aliphatic hydroxyl groups is 1. The van der Waals surface area contributed by atoms with Crippen LogP contribution in [0, 0.1) is 11.7 Å². The predicted octanol–water partition coefficient (Wildman–Crippen LogP) is 1.77. The molecule has 15 heteroatoms. The van der Waals surface area contributed by atoms with E-state index in [0.29, 0.717) is 10.8 Å². The van der Waals surface area contributed by atoms with E-state index in [0.717, 1.165) is 0 Å². The molecule has 1 aliphatic heterocycles. The standard InChI is InChI=1S/C23H31F2N4O8P/c1-13(2)35-20(31)14(3)11-38(33,37-15-7-5-4-6-8-15)34-10-17-18(30)23(27,12-24)21(36-17)29-9-16(25)19(26)28-22(29)32/h4-9,13-14,17-18,21,30H,10-12,27H2,1-3H3,(H2,26,28,32)/t14-,17-,18+,21-,23?,38+/m1/s1. The monoisotopic (exact) mass is 560 g/mol. The maximum absolute atomic E-state index is 14.1. The van der Waals surface area contributed by atoms with E-state index in [1.54, 1.807) is 32.0 Å². The van der Waals surface area contributed by atoms with Gasteiger partial charge < -0.3 is 30.6 Å². The highest BCUT2D eigenvalue weighted by atomic mass is 31.2. The molecule has 1 fully saturated rings. The number of ether oxygens (including phenoxy) is 2. The molecule has 12 nitrogen and oxygen atoms in total. The number of aromatic nitrogens is 2. The summed E-state index contributed by atoms with van der Waals surface area (Å²) >= 11 is 0. The minimum atomic E-state index is -4.12. The molecule has 1 aromatic carbocycles. The molecule has 6 atom stereocenters. The topological polar surface area (TPSA) is 178 Å². The molecule has 0 spiro atoms. The fraction of sp³-hybridized carbons (Fsp3) is 0.522. The van der Waals surface area contributed by atoms with Crippen molar-refractivity contribution in [2.24, 2.45) is 11.7 Å². The Labute approximate surface area is 217 Å². The first kappa shape index (κ1) is 29.7. The zero-order chi connectivity index (χ0) is 28.3. The molecule has 0 radical (unpaired) electrons. The zero-order valence-corrected chi connectivity index (χ0v) is 21.9. The van der Waals surface area contributed by atoms with E-state index in [2.05, 4.69) is 4.98 Å². The number of para-hydroxylation sites is 1. The first-order valence-corrected chi connectivity index (χ1v) is 13.4. The van der Waals surface area contributed by atoms with Gasteiger partial charge in [-0.1, -0.05) is 25.1 Å². The van der Waals surface area contributed by atoms with E-state index in [1.807, 2.05) is 0 Å². The first-order chi connectivity index (χ1) is 17.8. The van der Waals surface area contributed by atoms with Gasteiger partial charge >= 0.3 is 19.3 Å². The van der Waals surface area contributed by atoms with E-state index in [-0.39, 0.29) is 5.75 Å². The lowest BCUT2D eigenvalue weighted by atomic mass is 9.92. The lowest BCUT2D eigenvalue weighted by molar-refractivity contribution is -0.151. The van der Waals surface area contributed by atoms with Gasteiger partial charge in [-0.05, 0) is 26.0 Å². The third-order valence-electron chi connectivity index (χ3n) is 5.76. The minimum absolute atomic E-state index is 0.179. The number of aliphatic hydroxyl groups excluding tert-OH is 1. The maximum atomic E-state index is 14.1. The lowest BCUT2D eigenvalue weighted by Crippen LogP contribution is -2.57. The second-order valence-electron chi connectivity index (χ2n) is 9.26. The summed E-state index contributed by atoms with van der Waals surface area (Å²) < 4.78 is 64.4. The van der Waals surface area contributed by atoms with Crippen molar-refractivity contribution in [3.05, 3.63) is 52.8 Å². The number of carbonyl (C=O) groups is 1. The Balaban J connectivity index is 1.84. The molecule has 1 unspecified atom stereocenters. The van der Waals surface area contributed by atoms with Crippen LogP contribution in [0.3, 0.4) is 0 Å². The van der Waals surface area contributed by atoms with Crippen LogP contribution in [-0.2, 0) is 23.4 Å². The molecule has 2 heterocycles. The smallest absolute Gasteiger partial charge is 0.380 e. The van der Waals surface area contributed by atoms with Crippen molar-refractivity contribution in [3.8, 4) is 5.75 Å². The van der Waals surface area contributed by atoms with Crippen molar-refractivity contribution >= 4 is 19.4 Å². The Hall–Kier alpha value is -2.90. The number of esters is 1. The maximum Gasteiger partial charge on any atom is 0.380 e. The Morgan fingerprint density at radius 1 is 1.32 bits per heavy atom. The van der Waals surface area contributed by atoms with Crippen molar-refractivity contribution in [1.29, 1.82) is 0 Å². The Morgan fingerprint density at radius 2 is 1.97 bits per heavy atom. The summed E-state index contributed by atoms with van der Waals surface area (Å²) in [7, 11) is -4.12. The summed E-state index contributed by atoms with van der Waals surface area (Å²) in [6.07, 6.45) is -5.11.